The van der Waals surface area contributed by atoms with Crippen LogP contribution in [0.3, 0.4) is 0 Å². The van der Waals surface area contributed by atoms with Gasteiger partial charge in [0.25, 0.3) is 9.06 Å². The lowest BCUT2D eigenvalue weighted by Crippen LogP contribution is -2.18. The number of aromatic nitrogens is 1. The Kier molecular flexibility index (Phi) is 3.76. The highest BCUT2D eigenvalue weighted by Crippen LogP contribution is 2.43. The summed E-state index contributed by atoms with van der Waals surface area (Å²) in [6.07, 6.45) is 6.56. The second-order valence-electron chi connectivity index (χ2n) is 4.11. The predicted molar refractivity (Wildman–Crippen MR) is 71.9 cm³/mol. The molecule has 0 amide bonds. The summed E-state index contributed by atoms with van der Waals surface area (Å²) in [4.78, 5) is 3.89. The van der Waals surface area contributed by atoms with Crippen LogP contribution in [0.5, 0.6) is 0 Å². The minimum absolute atomic E-state index is 0.381. The van der Waals surface area contributed by atoms with Crippen molar-refractivity contribution in [3.8, 4) is 0 Å². The van der Waals surface area contributed by atoms with Crippen LogP contribution < -0.4 is 4.72 Å². The third-order valence-electron chi connectivity index (χ3n) is 1.92. The molecule has 0 aromatic carbocycles. The molecule has 0 spiro atoms. The van der Waals surface area contributed by atoms with Gasteiger partial charge in [-0.25, -0.2) is 4.98 Å². The molecule has 1 aromatic heterocycles. The van der Waals surface area contributed by atoms with Crippen molar-refractivity contribution in [2.45, 2.75) is 6.92 Å². The number of hydrogen-bond acceptors (Lipinski definition) is 3. The van der Waals surface area contributed by atoms with Crippen LogP contribution in [-0.4, -0.2) is 32.2 Å². The molecule has 0 fully saturated rings. The van der Waals surface area contributed by atoms with Crippen molar-refractivity contribution in [1.29, 1.82) is 0 Å². The monoisotopic (exact) mass is 282 g/mol. The predicted octanol–water partition coefficient (Wildman–Crippen LogP) is 2.39. The SMILES string of the molecule is Cc1cc(NS(=O)(=O)S(C)(C)C)cnc1Cl. The third kappa shape index (κ3) is 3.02. The van der Waals surface area contributed by atoms with E-state index in [0.29, 0.717) is 10.8 Å². The van der Waals surface area contributed by atoms with Gasteiger partial charge in [-0.05, 0) is 37.3 Å². The third-order valence-corrected chi connectivity index (χ3v) is 8.31. The molecule has 92 valence electrons. The molecule has 0 radical (unpaired) electrons. The summed E-state index contributed by atoms with van der Waals surface area (Å²) in [5.41, 5.74) is 1.19. The van der Waals surface area contributed by atoms with Crippen molar-refractivity contribution in [3.63, 3.8) is 0 Å². The molecule has 1 heterocycles. The van der Waals surface area contributed by atoms with Gasteiger partial charge in [0, 0.05) is 0 Å². The average molecular weight is 283 g/mol. The number of hydrogen-bond donors (Lipinski definition) is 1. The van der Waals surface area contributed by atoms with Gasteiger partial charge in [-0.3, -0.25) is 4.72 Å². The zero-order chi connectivity index (χ0) is 12.6. The smallest absolute Gasteiger partial charge is 0.268 e. The van der Waals surface area contributed by atoms with Gasteiger partial charge in [-0.1, -0.05) is 11.6 Å². The van der Waals surface area contributed by atoms with Crippen LogP contribution in [0.4, 0.5) is 5.69 Å². The maximum Gasteiger partial charge on any atom is 0.268 e. The van der Waals surface area contributed by atoms with E-state index in [0.717, 1.165) is 5.56 Å². The van der Waals surface area contributed by atoms with Crippen molar-refractivity contribution >= 4 is 35.4 Å². The van der Waals surface area contributed by atoms with Gasteiger partial charge >= 0.3 is 0 Å². The van der Waals surface area contributed by atoms with Crippen LogP contribution in [-0.2, 0) is 9.06 Å². The first-order valence-electron chi connectivity index (χ1n) is 4.47. The van der Waals surface area contributed by atoms with Crippen molar-refractivity contribution in [3.05, 3.63) is 23.0 Å². The van der Waals surface area contributed by atoms with E-state index in [1.54, 1.807) is 31.8 Å². The summed E-state index contributed by atoms with van der Waals surface area (Å²) in [7, 11) is -5.05. The Morgan fingerprint density at radius 2 is 1.88 bits per heavy atom. The Hall–Kier alpha value is -0.460. The fraction of sp³-hybridized carbons (Fsp3) is 0.444. The number of nitrogens with one attached hydrogen (secondary N) is 1. The topological polar surface area (TPSA) is 59.1 Å². The first-order chi connectivity index (χ1) is 7.13. The molecule has 4 nitrogen and oxygen atoms in total. The Balaban J connectivity index is 3.03. The van der Waals surface area contributed by atoms with Crippen LogP contribution in [0.25, 0.3) is 0 Å². The van der Waals surface area contributed by atoms with Crippen molar-refractivity contribution in [2.75, 3.05) is 23.5 Å². The number of nitrogens with zero attached hydrogens (tertiary/aromatic N) is 1. The van der Waals surface area contributed by atoms with Gasteiger partial charge in [-0.15, -0.1) is 9.06 Å². The van der Waals surface area contributed by atoms with E-state index >= 15 is 0 Å². The van der Waals surface area contributed by atoms with E-state index in [-0.39, 0.29) is 0 Å². The molecule has 0 saturated carbocycles. The molecular weight excluding hydrogens is 268 g/mol. The summed E-state index contributed by atoms with van der Waals surface area (Å²) < 4.78 is 26.3. The minimum Gasteiger partial charge on any atom is -0.275 e. The molecule has 0 saturated heterocycles. The van der Waals surface area contributed by atoms with Crippen LogP contribution in [0.2, 0.25) is 5.15 Å². The molecule has 1 aromatic rings. The van der Waals surface area contributed by atoms with Crippen LogP contribution in [0.1, 0.15) is 5.56 Å². The highest BCUT2D eigenvalue weighted by atomic mass is 35.5. The Labute approximate surface area is 102 Å². The number of pyridine rings is 1. The first kappa shape index (κ1) is 13.6. The quantitative estimate of drug-likeness (QED) is 0.684. The minimum atomic E-state index is -3.33. The Morgan fingerprint density at radius 3 is 2.31 bits per heavy atom. The zero-order valence-electron chi connectivity index (χ0n) is 9.61. The summed E-state index contributed by atoms with van der Waals surface area (Å²) >= 11 is 5.76. The normalized spacial score (nSPS) is 13.6. The van der Waals surface area contributed by atoms with E-state index in [2.05, 4.69) is 9.71 Å². The highest BCUT2D eigenvalue weighted by molar-refractivity contribution is 8.89. The van der Waals surface area contributed by atoms with Gasteiger partial charge in [0.05, 0.1) is 11.9 Å². The average Bonchev–Trinajstić information content (AvgIpc) is 2.09. The molecule has 0 bridgehead atoms. The van der Waals surface area contributed by atoms with Crippen LogP contribution in [0.15, 0.2) is 12.3 Å². The molecule has 16 heavy (non-hydrogen) atoms. The maximum atomic E-state index is 11.9. The highest BCUT2D eigenvalue weighted by Gasteiger charge is 2.23. The molecule has 0 unspecified atom stereocenters. The van der Waals surface area contributed by atoms with Crippen molar-refractivity contribution in [2.24, 2.45) is 0 Å². The van der Waals surface area contributed by atoms with E-state index in [4.69, 9.17) is 11.6 Å². The van der Waals surface area contributed by atoms with Gasteiger partial charge in [0.1, 0.15) is 5.15 Å². The van der Waals surface area contributed by atoms with Gasteiger partial charge in [-0.2, -0.15) is 8.42 Å². The molecule has 1 N–H and O–H groups in total. The van der Waals surface area contributed by atoms with E-state index < -0.39 is 18.1 Å². The van der Waals surface area contributed by atoms with E-state index in [1.807, 2.05) is 0 Å². The molecule has 1 rings (SSSR count). The molecule has 0 aliphatic carbocycles. The summed E-state index contributed by atoms with van der Waals surface area (Å²) in [5, 5.41) is 0.381. The lowest BCUT2D eigenvalue weighted by atomic mass is 10.3. The fourth-order valence-electron chi connectivity index (χ4n) is 0.883. The largest absolute Gasteiger partial charge is 0.275 e. The first-order valence-corrected chi connectivity index (χ1v) is 9.70. The maximum absolute atomic E-state index is 11.9. The van der Waals surface area contributed by atoms with Crippen LogP contribution in [0, 0.1) is 6.92 Å². The van der Waals surface area contributed by atoms with Gasteiger partial charge in [0.2, 0.25) is 0 Å². The summed E-state index contributed by atoms with van der Waals surface area (Å²) in [6, 6.07) is 1.66. The molecule has 7 heteroatoms. The number of rotatable bonds is 3. The number of halogens is 1. The Bertz CT molecular complexity index is 495. The lowest BCUT2D eigenvalue weighted by Gasteiger charge is -2.25. The Morgan fingerprint density at radius 1 is 1.31 bits per heavy atom. The van der Waals surface area contributed by atoms with Crippen molar-refractivity contribution in [1.82, 2.24) is 4.98 Å². The van der Waals surface area contributed by atoms with Crippen molar-refractivity contribution < 1.29 is 8.42 Å². The summed E-state index contributed by atoms with van der Waals surface area (Å²) in [6.45, 7) is 1.77. The fourth-order valence-corrected chi connectivity index (χ4v) is 2.68. The number of aryl methyl sites for hydroxylation is 1. The standard InChI is InChI=1S/C9H15ClN2O2S2/c1-7-5-8(6-11-9(7)10)12-16(13,14)15(2,3)4/h5-6,12H,1-4H3. The second kappa shape index (κ2) is 4.43. The molecule has 0 atom stereocenters. The molecule has 0 aliphatic rings. The summed E-state index contributed by atoms with van der Waals surface area (Å²) in [5.74, 6) is 0. The lowest BCUT2D eigenvalue weighted by molar-refractivity contribution is 0.614. The van der Waals surface area contributed by atoms with E-state index in [1.165, 1.54) is 6.20 Å². The molecule has 0 aliphatic heterocycles. The zero-order valence-corrected chi connectivity index (χ0v) is 12.0. The molecular formula is C9H15ClN2O2S2. The van der Waals surface area contributed by atoms with Crippen LogP contribution >= 0.6 is 20.7 Å². The number of anilines is 1. The van der Waals surface area contributed by atoms with E-state index in [9.17, 15) is 8.42 Å². The second-order valence-corrected chi connectivity index (χ2v) is 13.3. The van der Waals surface area contributed by atoms with Gasteiger partial charge in [0.15, 0.2) is 0 Å². The van der Waals surface area contributed by atoms with Gasteiger partial charge < -0.3 is 0 Å².